The van der Waals surface area contributed by atoms with E-state index < -0.39 is 27.6 Å². The molecule has 28 heavy (non-hydrogen) atoms. The number of phenolic OH excluding ortho intramolecular Hbond substituents is 4. The van der Waals surface area contributed by atoms with Crippen LogP contribution in [0.25, 0.3) is 33.4 Å². The molecule has 0 bridgehead atoms. The Kier molecular flexibility index (Phi) is 3.60. The van der Waals surface area contributed by atoms with Crippen molar-refractivity contribution in [1.29, 1.82) is 0 Å². The zero-order valence-corrected chi connectivity index (χ0v) is 13.9. The molecule has 2 aliphatic rings. The molecule has 0 spiro atoms. The van der Waals surface area contributed by atoms with Crippen molar-refractivity contribution in [3.05, 3.63) is 62.8 Å². The van der Waals surface area contributed by atoms with Gasteiger partial charge in [-0.05, 0) is 18.2 Å². The fourth-order valence-electron chi connectivity index (χ4n) is 3.06. The van der Waals surface area contributed by atoms with Crippen LogP contribution in [0.4, 0.5) is 5.69 Å². The van der Waals surface area contributed by atoms with E-state index in [9.17, 15) is 35.3 Å². The second-order valence-electron chi connectivity index (χ2n) is 6.09. The summed E-state index contributed by atoms with van der Waals surface area (Å²) < 4.78 is 5.60. The van der Waals surface area contributed by atoms with Gasteiger partial charge in [-0.15, -0.1) is 0 Å². The third-order valence-electron chi connectivity index (χ3n) is 4.36. The zero-order chi connectivity index (χ0) is 20.2. The molecule has 1 heterocycles. The molecule has 1 aliphatic carbocycles. The molecule has 140 valence electrons. The molecule has 2 aromatic carbocycles. The first-order chi connectivity index (χ1) is 13.3. The van der Waals surface area contributed by atoms with Crippen LogP contribution >= 0.6 is 0 Å². The van der Waals surface area contributed by atoms with E-state index in [2.05, 4.69) is 0 Å². The maximum absolute atomic E-state index is 11.8. The number of aromatic hydroxyl groups is 4. The van der Waals surface area contributed by atoms with Crippen molar-refractivity contribution >= 4 is 16.7 Å². The number of phenols is 4. The number of nitro groups is 1. The second-order valence-corrected chi connectivity index (χ2v) is 6.09. The van der Waals surface area contributed by atoms with Gasteiger partial charge in [0.2, 0.25) is 5.43 Å². The molecule has 9 heteroatoms. The lowest BCUT2D eigenvalue weighted by Gasteiger charge is -2.16. The Labute approximate surface area is 155 Å². The minimum absolute atomic E-state index is 0.0151. The summed E-state index contributed by atoms with van der Waals surface area (Å²) in [7, 11) is 0. The van der Waals surface area contributed by atoms with Crippen molar-refractivity contribution < 1.29 is 29.8 Å². The zero-order valence-electron chi connectivity index (χ0n) is 13.9. The van der Waals surface area contributed by atoms with Crippen LogP contribution in [0, 0.1) is 10.1 Å². The van der Waals surface area contributed by atoms with Crippen molar-refractivity contribution in [3.63, 3.8) is 0 Å². The number of rotatable bonds is 2. The first-order valence-electron chi connectivity index (χ1n) is 7.89. The third-order valence-corrected chi connectivity index (χ3v) is 4.36. The van der Waals surface area contributed by atoms with E-state index in [-0.39, 0.29) is 44.9 Å². The molecule has 0 radical (unpaired) electrons. The van der Waals surface area contributed by atoms with Gasteiger partial charge in [0.05, 0.1) is 4.92 Å². The van der Waals surface area contributed by atoms with Crippen molar-refractivity contribution in [2.75, 3.05) is 0 Å². The molecule has 4 N–H and O–H groups in total. The Hall–Kier alpha value is -4.27. The van der Waals surface area contributed by atoms with E-state index in [1.807, 2.05) is 0 Å². The predicted molar refractivity (Wildman–Crippen MR) is 97.9 cm³/mol. The minimum Gasteiger partial charge on any atom is -0.507 e. The van der Waals surface area contributed by atoms with E-state index in [0.717, 1.165) is 42.5 Å². The van der Waals surface area contributed by atoms with E-state index in [1.54, 1.807) is 0 Å². The predicted octanol–water partition coefficient (Wildman–Crippen LogP) is 3.30. The van der Waals surface area contributed by atoms with Gasteiger partial charge in [0.15, 0.2) is 17.2 Å². The summed E-state index contributed by atoms with van der Waals surface area (Å²) in [6, 6.07) is 7.77. The monoisotopic (exact) mass is 381 g/mol. The topological polar surface area (TPSA) is 154 Å². The Morgan fingerprint density at radius 3 is 2.25 bits per heavy atom. The van der Waals surface area contributed by atoms with Crippen molar-refractivity contribution in [2.24, 2.45) is 0 Å². The van der Waals surface area contributed by atoms with Crippen LogP contribution in [-0.4, -0.2) is 25.3 Å². The van der Waals surface area contributed by atoms with Crippen molar-refractivity contribution in [1.82, 2.24) is 0 Å². The molecule has 0 fully saturated rings. The average molecular weight is 381 g/mol. The van der Waals surface area contributed by atoms with Gasteiger partial charge in [-0.2, -0.15) is 0 Å². The quantitative estimate of drug-likeness (QED) is 0.178. The van der Waals surface area contributed by atoms with Gasteiger partial charge in [0, 0.05) is 46.3 Å². The molecule has 4 rings (SSSR count). The first kappa shape index (κ1) is 17.2. The van der Waals surface area contributed by atoms with Crippen LogP contribution in [0.2, 0.25) is 0 Å². The molecule has 0 saturated carbocycles. The van der Waals surface area contributed by atoms with Crippen molar-refractivity contribution in [3.8, 4) is 45.4 Å². The Morgan fingerprint density at radius 1 is 0.821 bits per heavy atom. The SMILES string of the molecule is O=c1cc2oc3cc(O)c(O)cc3c(-c3cc([N+](=O)[O-])ccc3O)c-2cc1O. The summed E-state index contributed by atoms with van der Waals surface area (Å²) in [6.45, 7) is 0. The number of fused-ring (bicyclic) bond motifs is 2. The highest BCUT2D eigenvalue weighted by Gasteiger charge is 2.24. The summed E-state index contributed by atoms with van der Waals surface area (Å²) in [5.74, 6) is -1.85. The lowest BCUT2D eigenvalue weighted by Crippen LogP contribution is -2.01. The molecule has 0 unspecified atom stereocenters. The summed E-state index contributed by atoms with van der Waals surface area (Å²) >= 11 is 0. The van der Waals surface area contributed by atoms with E-state index in [0.29, 0.717) is 0 Å². The standard InChI is InChI=1S/C19H11NO8/c21-12-2-1-8(20(26)27)3-9(12)19-10-4-13(22)15(24)6-17(10)28-18-7-16(25)14(23)5-11(18)19/h1-7,21-24H. The van der Waals surface area contributed by atoms with E-state index in [4.69, 9.17) is 4.42 Å². The fourth-order valence-corrected chi connectivity index (χ4v) is 3.06. The lowest BCUT2D eigenvalue weighted by atomic mass is 9.92. The van der Waals surface area contributed by atoms with E-state index >= 15 is 0 Å². The normalized spacial score (nSPS) is 11.1. The second kappa shape index (κ2) is 5.88. The smallest absolute Gasteiger partial charge is 0.270 e. The highest BCUT2D eigenvalue weighted by atomic mass is 16.6. The summed E-state index contributed by atoms with van der Waals surface area (Å²) in [4.78, 5) is 22.3. The van der Waals surface area contributed by atoms with Crippen LogP contribution in [0.15, 0.2) is 51.7 Å². The maximum atomic E-state index is 11.8. The van der Waals surface area contributed by atoms with E-state index in [1.165, 1.54) is 0 Å². The minimum atomic E-state index is -0.715. The molecule has 0 amide bonds. The lowest BCUT2D eigenvalue weighted by molar-refractivity contribution is -0.384. The molecule has 0 saturated heterocycles. The van der Waals surface area contributed by atoms with Gasteiger partial charge >= 0.3 is 0 Å². The third kappa shape index (κ3) is 2.53. The summed E-state index contributed by atoms with van der Waals surface area (Å²) in [5.41, 5.74) is -0.610. The Balaban J connectivity index is 2.24. The van der Waals surface area contributed by atoms with Gasteiger partial charge in [-0.1, -0.05) is 0 Å². The van der Waals surface area contributed by atoms with Gasteiger partial charge < -0.3 is 24.8 Å². The first-order valence-corrected chi connectivity index (χ1v) is 7.89. The summed E-state index contributed by atoms with van der Waals surface area (Å²) in [5, 5.41) is 51.2. The van der Waals surface area contributed by atoms with Gasteiger partial charge in [0.1, 0.15) is 17.1 Å². The van der Waals surface area contributed by atoms with Crippen LogP contribution in [0.3, 0.4) is 0 Å². The van der Waals surface area contributed by atoms with Crippen molar-refractivity contribution in [2.45, 2.75) is 0 Å². The fraction of sp³-hybridized carbons (Fsp3) is 0. The Morgan fingerprint density at radius 2 is 1.54 bits per heavy atom. The molecular formula is C19H11NO8. The molecule has 9 nitrogen and oxygen atoms in total. The molecule has 0 atom stereocenters. The number of nitro benzene ring substituents is 1. The number of non-ortho nitro benzene ring substituents is 1. The summed E-state index contributed by atoms with van der Waals surface area (Å²) in [6.07, 6.45) is 0. The van der Waals surface area contributed by atoms with Crippen LogP contribution in [0.1, 0.15) is 0 Å². The van der Waals surface area contributed by atoms with Gasteiger partial charge in [-0.25, -0.2) is 0 Å². The molecule has 0 aromatic heterocycles. The van der Waals surface area contributed by atoms with Crippen LogP contribution in [-0.2, 0) is 0 Å². The van der Waals surface area contributed by atoms with Gasteiger partial charge in [-0.3, -0.25) is 14.9 Å². The highest BCUT2D eigenvalue weighted by molar-refractivity contribution is 6.04. The number of hydrogen-bond donors (Lipinski definition) is 4. The molecule has 1 aliphatic heterocycles. The molecule has 2 aromatic rings. The van der Waals surface area contributed by atoms with Crippen LogP contribution < -0.4 is 5.43 Å². The Bertz CT molecular complexity index is 1310. The average Bonchev–Trinajstić information content (AvgIpc) is 2.63. The highest BCUT2D eigenvalue weighted by Crippen LogP contribution is 2.46. The molecular weight excluding hydrogens is 370 g/mol. The maximum Gasteiger partial charge on any atom is 0.270 e. The van der Waals surface area contributed by atoms with Gasteiger partial charge in [0.25, 0.3) is 5.69 Å². The largest absolute Gasteiger partial charge is 0.507 e. The van der Waals surface area contributed by atoms with Crippen LogP contribution in [0.5, 0.6) is 23.0 Å². The number of hydrogen-bond acceptors (Lipinski definition) is 8. The number of benzene rings is 3. The number of nitrogens with zero attached hydrogens (tertiary/aromatic N) is 1.